The van der Waals surface area contributed by atoms with E-state index in [0.29, 0.717) is 6.61 Å². The van der Waals surface area contributed by atoms with Crippen LogP contribution in [0.3, 0.4) is 0 Å². The molecule has 0 heterocycles. The first kappa shape index (κ1) is 12.4. The van der Waals surface area contributed by atoms with Crippen molar-refractivity contribution in [1.82, 2.24) is 0 Å². The highest BCUT2D eigenvalue weighted by Crippen LogP contribution is 2.33. The molecule has 2 atom stereocenters. The molecule has 1 aliphatic carbocycles. The number of hydrogen-bond donors (Lipinski definition) is 1. The van der Waals surface area contributed by atoms with Gasteiger partial charge in [-0.2, -0.15) is 0 Å². The number of aliphatic hydroxyl groups excluding tert-OH is 1. The molecule has 0 radical (unpaired) electrons. The van der Waals surface area contributed by atoms with Crippen molar-refractivity contribution >= 4 is 0 Å². The number of aryl methyl sites for hydroxylation is 1. The third kappa shape index (κ3) is 2.99. The van der Waals surface area contributed by atoms with Crippen molar-refractivity contribution in [2.24, 2.45) is 0 Å². The van der Waals surface area contributed by atoms with E-state index >= 15 is 0 Å². The van der Waals surface area contributed by atoms with Crippen LogP contribution in [0.4, 0.5) is 0 Å². The van der Waals surface area contributed by atoms with Crippen LogP contribution in [0, 0.1) is 0 Å². The van der Waals surface area contributed by atoms with E-state index in [1.165, 1.54) is 5.56 Å². The molecule has 3 heteroatoms. The average molecular weight is 236 g/mol. The van der Waals surface area contributed by atoms with Gasteiger partial charge >= 0.3 is 0 Å². The molecule has 0 aliphatic heterocycles. The molecular weight excluding hydrogens is 216 g/mol. The van der Waals surface area contributed by atoms with Gasteiger partial charge in [-0.05, 0) is 43.0 Å². The maximum atomic E-state index is 9.71. The van der Waals surface area contributed by atoms with Gasteiger partial charge in [-0.3, -0.25) is 0 Å². The first-order valence-electron chi connectivity index (χ1n) is 6.17. The lowest BCUT2D eigenvalue weighted by Gasteiger charge is -2.15. The molecule has 1 aromatic rings. The van der Waals surface area contributed by atoms with Gasteiger partial charge in [0.2, 0.25) is 0 Å². The van der Waals surface area contributed by atoms with E-state index < -0.39 is 0 Å². The van der Waals surface area contributed by atoms with Gasteiger partial charge in [-0.25, -0.2) is 0 Å². The number of rotatable bonds is 5. The summed E-state index contributed by atoms with van der Waals surface area (Å²) in [6.07, 6.45) is 2.53. The molecule has 1 aliphatic rings. The van der Waals surface area contributed by atoms with Gasteiger partial charge in [0, 0.05) is 20.1 Å². The molecule has 0 bridgehead atoms. The van der Waals surface area contributed by atoms with Gasteiger partial charge in [0.15, 0.2) is 0 Å². The van der Waals surface area contributed by atoms with Crippen molar-refractivity contribution in [1.29, 1.82) is 0 Å². The van der Waals surface area contributed by atoms with Crippen molar-refractivity contribution in [3.8, 4) is 5.75 Å². The third-order valence-corrected chi connectivity index (χ3v) is 3.23. The first-order chi connectivity index (χ1) is 8.20. The van der Waals surface area contributed by atoms with Crippen molar-refractivity contribution < 1.29 is 14.6 Å². The summed E-state index contributed by atoms with van der Waals surface area (Å²) in [4.78, 5) is 0. The van der Waals surface area contributed by atoms with Crippen LogP contribution < -0.4 is 4.74 Å². The molecule has 0 amide bonds. The van der Waals surface area contributed by atoms with E-state index in [-0.39, 0.29) is 12.2 Å². The molecule has 0 spiro atoms. The Morgan fingerprint density at radius 1 is 1.47 bits per heavy atom. The van der Waals surface area contributed by atoms with Crippen molar-refractivity contribution in [3.63, 3.8) is 0 Å². The summed E-state index contributed by atoms with van der Waals surface area (Å²) in [6.45, 7) is 2.76. The standard InChI is InChI=1S/C14H20O3/c1-10(7-8-16-2)17-12-4-5-13-11(9-12)3-6-14(13)15/h4-5,9-10,14-15H,3,6-8H2,1-2H3/t10?,14-/m1/s1. The molecule has 94 valence electrons. The maximum Gasteiger partial charge on any atom is 0.119 e. The second kappa shape index (κ2) is 5.52. The topological polar surface area (TPSA) is 38.7 Å². The van der Waals surface area contributed by atoms with Gasteiger partial charge in [-0.15, -0.1) is 0 Å². The fourth-order valence-electron chi connectivity index (χ4n) is 2.22. The summed E-state index contributed by atoms with van der Waals surface area (Å²) < 4.78 is 10.8. The Morgan fingerprint density at radius 2 is 2.29 bits per heavy atom. The summed E-state index contributed by atoms with van der Waals surface area (Å²) in [5.74, 6) is 0.890. The second-order valence-electron chi connectivity index (χ2n) is 4.63. The minimum absolute atomic E-state index is 0.152. The molecule has 0 saturated heterocycles. The second-order valence-corrected chi connectivity index (χ2v) is 4.63. The predicted octanol–water partition coefficient (Wildman–Crippen LogP) is 2.47. The largest absolute Gasteiger partial charge is 0.491 e. The molecule has 1 unspecified atom stereocenters. The van der Waals surface area contributed by atoms with Crippen LogP contribution in [-0.4, -0.2) is 24.9 Å². The van der Waals surface area contributed by atoms with E-state index in [1.807, 2.05) is 19.1 Å². The van der Waals surface area contributed by atoms with E-state index in [9.17, 15) is 5.11 Å². The van der Waals surface area contributed by atoms with Crippen molar-refractivity contribution in [3.05, 3.63) is 29.3 Å². The first-order valence-corrected chi connectivity index (χ1v) is 6.17. The normalized spacial score (nSPS) is 20.1. The van der Waals surface area contributed by atoms with Gasteiger partial charge in [0.1, 0.15) is 5.75 Å². The SMILES string of the molecule is COCCC(C)Oc1ccc2c(c1)CC[C@H]2O. The Labute approximate surface area is 102 Å². The summed E-state index contributed by atoms with van der Waals surface area (Å²) in [5.41, 5.74) is 2.27. The van der Waals surface area contributed by atoms with E-state index in [0.717, 1.165) is 30.6 Å². The van der Waals surface area contributed by atoms with Gasteiger partial charge in [-0.1, -0.05) is 6.07 Å². The predicted molar refractivity (Wildman–Crippen MR) is 66.3 cm³/mol. The fraction of sp³-hybridized carbons (Fsp3) is 0.571. The van der Waals surface area contributed by atoms with Crippen molar-refractivity contribution in [2.45, 2.75) is 38.4 Å². The van der Waals surface area contributed by atoms with E-state index in [2.05, 4.69) is 6.07 Å². The third-order valence-electron chi connectivity index (χ3n) is 3.23. The van der Waals surface area contributed by atoms with Crippen LogP contribution in [0.2, 0.25) is 0 Å². The monoisotopic (exact) mass is 236 g/mol. The molecule has 0 fully saturated rings. The van der Waals surface area contributed by atoms with Crippen LogP contribution in [0.25, 0.3) is 0 Å². The van der Waals surface area contributed by atoms with Crippen LogP contribution >= 0.6 is 0 Å². The molecule has 3 nitrogen and oxygen atoms in total. The minimum atomic E-state index is -0.287. The Hall–Kier alpha value is -1.06. The average Bonchev–Trinajstić information content (AvgIpc) is 2.68. The lowest BCUT2D eigenvalue weighted by Crippen LogP contribution is -2.14. The number of hydrogen-bond acceptors (Lipinski definition) is 3. The van der Waals surface area contributed by atoms with Crippen LogP contribution in [0.5, 0.6) is 5.75 Å². The Kier molecular flexibility index (Phi) is 4.02. The zero-order chi connectivity index (χ0) is 12.3. The summed E-state index contributed by atoms with van der Waals surface area (Å²) in [6, 6.07) is 5.97. The molecular formula is C14H20O3. The Bertz CT molecular complexity index is 376. The number of aliphatic hydroxyl groups is 1. The number of methoxy groups -OCH3 is 1. The van der Waals surface area contributed by atoms with Gasteiger partial charge in [0.25, 0.3) is 0 Å². The lowest BCUT2D eigenvalue weighted by molar-refractivity contribution is 0.135. The molecule has 0 aromatic heterocycles. The van der Waals surface area contributed by atoms with Gasteiger partial charge < -0.3 is 14.6 Å². The number of ether oxygens (including phenoxy) is 2. The van der Waals surface area contributed by atoms with Crippen LogP contribution in [0.15, 0.2) is 18.2 Å². The van der Waals surface area contributed by atoms with E-state index in [1.54, 1.807) is 7.11 Å². The smallest absolute Gasteiger partial charge is 0.119 e. The highest BCUT2D eigenvalue weighted by Gasteiger charge is 2.20. The van der Waals surface area contributed by atoms with Crippen LogP contribution in [0.1, 0.15) is 37.0 Å². The summed E-state index contributed by atoms with van der Waals surface area (Å²) in [5, 5.41) is 9.71. The Balaban J connectivity index is 1.98. The molecule has 1 aromatic carbocycles. The summed E-state index contributed by atoms with van der Waals surface area (Å²) >= 11 is 0. The zero-order valence-corrected chi connectivity index (χ0v) is 10.5. The number of fused-ring (bicyclic) bond motifs is 1. The van der Waals surface area contributed by atoms with E-state index in [4.69, 9.17) is 9.47 Å². The molecule has 1 N–H and O–H groups in total. The summed E-state index contributed by atoms with van der Waals surface area (Å²) in [7, 11) is 1.70. The molecule has 17 heavy (non-hydrogen) atoms. The van der Waals surface area contributed by atoms with Gasteiger partial charge in [0.05, 0.1) is 12.2 Å². The Morgan fingerprint density at radius 3 is 3.06 bits per heavy atom. The highest BCUT2D eigenvalue weighted by molar-refractivity contribution is 5.39. The van der Waals surface area contributed by atoms with Crippen molar-refractivity contribution in [2.75, 3.05) is 13.7 Å². The molecule has 0 saturated carbocycles. The minimum Gasteiger partial charge on any atom is -0.491 e. The highest BCUT2D eigenvalue weighted by atomic mass is 16.5. The number of benzene rings is 1. The zero-order valence-electron chi connectivity index (χ0n) is 10.5. The molecule has 2 rings (SSSR count). The van der Waals surface area contributed by atoms with Crippen LogP contribution in [-0.2, 0) is 11.2 Å². The quantitative estimate of drug-likeness (QED) is 0.853. The lowest BCUT2D eigenvalue weighted by atomic mass is 10.1. The fourth-order valence-corrected chi connectivity index (χ4v) is 2.22. The maximum absolute atomic E-state index is 9.71.